The SMILES string of the molecule is CCCNCc1ccnn1Cc1ccc2c(c1)CCC2. The van der Waals surface area contributed by atoms with E-state index in [1.807, 2.05) is 6.20 Å². The third-order valence-electron chi connectivity index (χ3n) is 4.03. The Kier molecular flexibility index (Phi) is 4.16. The molecule has 0 spiro atoms. The van der Waals surface area contributed by atoms with Crippen LogP contribution in [0.3, 0.4) is 0 Å². The molecular formula is C17H23N3. The first kappa shape index (κ1) is 13.4. The number of aromatic nitrogens is 2. The molecule has 3 nitrogen and oxygen atoms in total. The van der Waals surface area contributed by atoms with Crippen molar-refractivity contribution < 1.29 is 0 Å². The van der Waals surface area contributed by atoms with Crippen LogP contribution < -0.4 is 5.32 Å². The number of hydrogen-bond donors (Lipinski definition) is 1. The van der Waals surface area contributed by atoms with Crippen LogP contribution in [0.25, 0.3) is 0 Å². The summed E-state index contributed by atoms with van der Waals surface area (Å²) in [6.45, 7) is 5.03. The monoisotopic (exact) mass is 269 g/mol. The Morgan fingerprint density at radius 3 is 3.00 bits per heavy atom. The summed E-state index contributed by atoms with van der Waals surface area (Å²) in [7, 11) is 0. The molecule has 0 amide bonds. The number of hydrogen-bond acceptors (Lipinski definition) is 2. The zero-order valence-electron chi connectivity index (χ0n) is 12.2. The third kappa shape index (κ3) is 2.93. The van der Waals surface area contributed by atoms with Gasteiger partial charge in [-0.3, -0.25) is 4.68 Å². The standard InChI is InChI=1S/C17H23N3/c1-2-9-18-12-17-8-10-19-20(17)13-14-6-7-15-4-3-5-16(15)11-14/h6-8,10-11,18H,2-5,9,12-13H2,1H3. The first-order valence-electron chi connectivity index (χ1n) is 7.69. The van der Waals surface area contributed by atoms with Gasteiger partial charge in [-0.05, 0) is 55.0 Å². The van der Waals surface area contributed by atoms with Gasteiger partial charge in [0.1, 0.15) is 0 Å². The van der Waals surface area contributed by atoms with E-state index in [0.717, 1.165) is 19.6 Å². The smallest absolute Gasteiger partial charge is 0.0663 e. The normalized spacial score (nSPS) is 13.7. The van der Waals surface area contributed by atoms with E-state index in [4.69, 9.17) is 0 Å². The maximum Gasteiger partial charge on any atom is 0.0663 e. The van der Waals surface area contributed by atoms with Gasteiger partial charge < -0.3 is 5.32 Å². The van der Waals surface area contributed by atoms with Gasteiger partial charge in [0.15, 0.2) is 0 Å². The van der Waals surface area contributed by atoms with Crippen LogP contribution in [0.2, 0.25) is 0 Å². The molecule has 106 valence electrons. The molecule has 1 heterocycles. The molecule has 0 radical (unpaired) electrons. The molecule has 2 aromatic rings. The molecule has 3 rings (SSSR count). The number of rotatable bonds is 6. The molecule has 0 bridgehead atoms. The maximum atomic E-state index is 4.46. The van der Waals surface area contributed by atoms with Crippen LogP contribution in [0.4, 0.5) is 0 Å². The van der Waals surface area contributed by atoms with Crippen LogP contribution in [0, 0.1) is 0 Å². The first-order valence-corrected chi connectivity index (χ1v) is 7.69. The highest BCUT2D eigenvalue weighted by Crippen LogP contribution is 2.23. The Hall–Kier alpha value is -1.61. The summed E-state index contributed by atoms with van der Waals surface area (Å²) in [4.78, 5) is 0. The van der Waals surface area contributed by atoms with Crippen LogP contribution >= 0.6 is 0 Å². The van der Waals surface area contributed by atoms with Crippen molar-refractivity contribution in [1.29, 1.82) is 0 Å². The van der Waals surface area contributed by atoms with E-state index in [0.29, 0.717) is 0 Å². The average molecular weight is 269 g/mol. The van der Waals surface area contributed by atoms with E-state index < -0.39 is 0 Å². The third-order valence-corrected chi connectivity index (χ3v) is 4.03. The number of aryl methyl sites for hydroxylation is 2. The van der Waals surface area contributed by atoms with Crippen molar-refractivity contribution in [2.45, 2.75) is 45.7 Å². The molecule has 20 heavy (non-hydrogen) atoms. The summed E-state index contributed by atoms with van der Waals surface area (Å²) in [6.07, 6.45) is 6.87. The highest BCUT2D eigenvalue weighted by atomic mass is 15.3. The summed E-state index contributed by atoms with van der Waals surface area (Å²) in [5, 5.41) is 7.90. The molecule has 0 atom stereocenters. The fourth-order valence-electron chi connectivity index (χ4n) is 2.94. The van der Waals surface area contributed by atoms with Crippen LogP contribution in [-0.4, -0.2) is 16.3 Å². The molecule has 1 aromatic heterocycles. The molecule has 0 fully saturated rings. The van der Waals surface area contributed by atoms with Gasteiger partial charge in [-0.2, -0.15) is 5.10 Å². The number of fused-ring (bicyclic) bond motifs is 1. The van der Waals surface area contributed by atoms with Crippen LogP contribution in [-0.2, 0) is 25.9 Å². The maximum absolute atomic E-state index is 4.46. The minimum Gasteiger partial charge on any atom is -0.311 e. The van der Waals surface area contributed by atoms with Gasteiger partial charge in [0.05, 0.1) is 12.2 Å². The van der Waals surface area contributed by atoms with Crippen molar-refractivity contribution in [2.75, 3.05) is 6.54 Å². The van der Waals surface area contributed by atoms with Crippen molar-refractivity contribution >= 4 is 0 Å². The van der Waals surface area contributed by atoms with Gasteiger partial charge in [-0.1, -0.05) is 25.1 Å². The molecular weight excluding hydrogens is 246 g/mol. The van der Waals surface area contributed by atoms with Gasteiger partial charge in [0.2, 0.25) is 0 Å². The first-order chi connectivity index (χ1) is 9.86. The van der Waals surface area contributed by atoms with E-state index >= 15 is 0 Å². The minimum absolute atomic E-state index is 0.878. The van der Waals surface area contributed by atoms with E-state index in [1.54, 1.807) is 11.1 Å². The van der Waals surface area contributed by atoms with E-state index in [2.05, 4.69) is 46.3 Å². The van der Waals surface area contributed by atoms with E-state index in [-0.39, 0.29) is 0 Å². The summed E-state index contributed by atoms with van der Waals surface area (Å²) in [5.41, 5.74) is 5.71. The molecule has 1 aromatic carbocycles. The van der Waals surface area contributed by atoms with Crippen molar-refractivity contribution in [3.63, 3.8) is 0 Å². The fraction of sp³-hybridized carbons (Fsp3) is 0.471. The molecule has 0 unspecified atom stereocenters. The van der Waals surface area contributed by atoms with Gasteiger partial charge in [-0.25, -0.2) is 0 Å². The molecule has 1 aliphatic rings. The highest BCUT2D eigenvalue weighted by molar-refractivity contribution is 5.35. The average Bonchev–Trinajstić information content (AvgIpc) is 3.08. The van der Waals surface area contributed by atoms with Gasteiger partial charge >= 0.3 is 0 Å². The van der Waals surface area contributed by atoms with Gasteiger partial charge in [0.25, 0.3) is 0 Å². The van der Waals surface area contributed by atoms with Crippen molar-refractivity contribution in [3.8, 4) is 0 Å². The topological polar surface area (TPSA) is 29.9 Å². The molecule has 1 aliphatic carbocycles. The number of nitrogens with zero attached hydrogens (tertiary/aromatic N) is 2. The lowest BCUT2D eigenvalue weighted by molar-refractivity contribution is 0.592. The number of benzene rings is 1. The highest BCUT2D eigenvalue weighted by Gasteiger charge is 2.11. The summed E-state index contributed by atoms with van der Waals surface area (Å²) >= 11 is 0. The Morgan fingerprint density at radius 1 is 1.20 bits per heavy atom. The predicted molar refractivity (Wildman–Crippen MR) is 81.8 cm³/mol. The predicted octanol–water partition coefficient (Wildman–Crippen LogP) is 2.92. The lowest BCUT2D eigenvalue weighted by Crippen LogP contribution is -2.17. The Bertz CT molecular complexity index is 571. The van der Waals surface area contributed by atoms with Gasteiger partial charge in [-0.15, -0.1) is 0 Å². The molecule has 1 N–H and O–H groups in total. The van der Waals surface area contributed by atoms with Crippen LogP contribution in [0.1, 0.15) is 42.1 Å². The second-order valence-corrected chi connectivity index (χ2v) is 5.61. The van der Waals surface area contributed by atoms with Crippen LogP contribution in [0.5, 0.6) is 0 Å². The van der Waals surface area contributed by atoms with Crippen molar-refractivity contribution in [3.05, 3.63) is 52.8 Å². The zero-order valence-corrected chi connectivity index (χ0v) is 12.2. The second kappa shape index (κ2) is 6.23. The molecule has 0 saturated carbocycles. The van der Waals surface area contributed by atoms with E-state index in [9.17, 15) is 0 Å². The molecule has 0 saturated heterocycles. The second-order valence-electron chi connectivity index (χ2n) is 5.61. The minimum atomic E-state index is 0.878. The number of nitrogens with one attached hydrogen (secondary N) is 1. The van der Waals surface area contributed by atoms with Gasteiger partial charge in [0, 0.05) is 12.7 Å². The van der Waals surface area contributed by atoms with E-state index in [1.165, 1.54) is 36.9 Å². The summed E-state index contributed by atoms with van der Waals surface area (Å²) in [6, 6.07) is 9.04. The van der Waals surface area contributed by atoms with Crippen molar-refractivity contribution in [2.24, 2.45) is 0 Å². The Labute approximate surface area is 121 Å². The quantitative estimate of drug-likeness (QED) is 0.817. The fourth-order valence-corrected chi connectivity index (χ4v) is 2.94. The molecule has 0 aliphatic heterocycles. The Morgan fingerprint density at radius 2 is 2.10 bits per heavy atom. The Balaban J connectivity index is 1.70. The van der Waals surface area contributed by atoms with Crippen molar-refractivity contribution in [1.82, 2.24) is 15.1 Å². The lowest BCUT2D eigenvalue weighted by atomic mass is 10.1. The summed E-state index contributed by atoms with van der Waals surface area (Å²) < 4.78 is 2.11. The largest absolute Gasteiger partial charge is 0.311 e. The lowest BCUT2D eigenvalue weighted by Gasteiger charge is -2.10. The zero-order chi connectivity index (χ0) is 13.8. The van der Waals surface area contributed by atoms with Crippen LogP contribution in [0.15, 0.2) is 30.5 Å². The molecule has 3 heteroatoms. The summed E-state index contributed by atoms with van der Waals surface area (Å²) in [5.74, 6) is 0.